The Labute approximate surface area is 116 Å². The van der Waals surface area contributed by atoms with Crippen molar-refractivity contribution in [2.45, 2.75) is 4.90 Å². The number of rotatable bonds is 3. The molecular formula is C12H12ClN3O2S. The van der Waals surface area contributed by atoms with Crippen LogP contribution in [0.15, 0.2) is 47.6 Å². The number of halogens is 1. The molecule has 0 bridgehead atoms. The summed E-state index contributed by atoms with van der Waals surface area (Å²) in [6.45, 7) is 0. The maximum absolute atomic E-state index is 12.5. The number of anilines is 2. The Morgan fingerprint density at radius 2 is 1.84 bits per heavy atom. The van der Waals surface area contributed by atoms with Crippen molar-refractivity contribution < 1.29 is 8.42 Å². The molecule has 0 radical (unpaired) electrons. The van der Waals surface area contributed by atoms with Crippen LogP contribution in [0.1, 0.15) is 0 Å². The molecule has 0 aliphatic carbocycles. The van der Waals surface area contributed by atoms with E-state index in [1.807, 2.05) is 0 Å². The molecule has 0 atom stereocenters. The largest absolute Gasteiger partial charge is 0.396 e. The molecule has 0 unspecified atom stereocenters. The highest BCUT2D eigenvalue weighted by atomic mass is 35.5. The number of para-hydroxylation sites is 1. The molecule has 0 fully saturated rings. The quantitative estimate of drug-likeness (QED) is 0.941. The summed E-state index contributed by atoms with van der Waals surface area (Å²) >= 11 is 5.80. The second-order valence-electron chi connectivity index (χ2n) is 3.84. The maximum Gasteiger partial charge on any atom is 0.267 e. The minimum Gasteiger partial charge on any atom is -0.396 e. The standard InChI is InChI=1S/C12H12ClN3O2S/c1-16(9-5-3-2-4-6-9)19(17,18)11-8-15-7-10(13)12(11)14/h2-8H,1H3,(H2,14,15). The molecule has 2 rings (SSSR count). The first-order valence-electron chi connectivity index (χ1n) is 5.37. The van der Waals surface area contributed by atoms with Crippen molar-refractivity contribution in [3.05, 3.63) is 47.7 Å². The third kappa shape index (κ3) is 2.50. The second kappa shape index (κ2) is 5.07. The van der Waals surface area contributed by atoms with Gasteiger partial charge in [-0.1, -0.05) is 29.8 Å². The first kappa shape index (κ1) is 13.6. The van der Waals surface area contributed by atoms with Gasteiger partial charge in [0.15, 0.2) is 0 Å². The highest BCUT2D eigenvalue weighted by Gasteiger charge is 2.25. The minimum absolute atomic E-state index is 0.000511. The van der Waals surface area contributed by atoms with Crippen molar-refractivity contribution in [3.63, 3.8) is 0 Å². The predicted octanol–water partition coefficient (Wildman–Crippen LogP) is 2.14. The number of benzene rings is 1. The molecule has 1 aromatic heterocycles. The Bertz CT molecular complexity index is 689. The van der Waals surface area contributed by atoms with Crippen LogP contribution in [0.2, 0.25) is 5.02 Å². The molecule has 2 aromatic rings. The van der Waals surface area contributed by atoms with Crippen molar-refractivity contribution in [2.24, 2.45) is 0 Å². The molecule has 1 heterocycles. The first-order valence-corrected chi connectivity index (χ1v) is 7.19. The van der Waals surface area contributed by atoms with Gasteiger partial charge in [0, 0.05) is 19.4 Å². The van der Waals surface area contributed by atoms with Crippen LogP contribution in [-0.2, 0) is 10.0 Å². The van der Waals surface area contributed by atoms with Gasteiger partial charge >= 0.3 is 0 Å². The smallest absolute Gasteiger partial charge is 0.267 e. The number of hydrogen-bond acceptors (Lipinski definition) is 4. The van der Waals surface area contributed by atoms with Gasteiger partial charge in [-0.15, -0.1) is 0 Å². The summed E-state index contributed by atoms with van der Waals surface area (Å²) < 4.78 is 26.0. The second-order valence-corrected chi connectivity index (χ2v) is 6.19. The van der Waals surface area contributed by atoms with Gasteiger partial charge in [0.2, 0.25) is 0 Å². The van der Waals surface area contributed by atoms with Crippen molar-refractivity contribution in [1.82, 2.24) is 4.98 Å². The molecule has 5 nitrogen and oxygen atoms in total. The van der Waals surface area contributed by atoms with E-state index in [4.69, 9.17) is 17.3 Å². The van der Waals surface area contributed by atoms with Crippen molar-refractivity contribution >= 4 is 33.0 Å². The molecule has 0 saturated heterocycles. The average molecular weight is 298 g/mol. The topological polar surface area (TPSA) is 76.3 Å². The lowest BCUT2D eigenvalue weighted by atomic mass is 10.3. The van der Waals surface area contributed by atoms with Crippen LogP contribution in [0.5, 0.6) is 0 Å². The Kier molecular flexibility index (Phi) is 3.64. The summed E-state index contributed by atoms with van der Waals surface area (Å²) in [6, 6.07) is 8.68. The van der Waals surface area contributed by atoms with Gasteiger partial charge in [0.25, 0.3) is 10.0 Å². The Hall–Kier alpha value is -1.79. The van der Waals surface area contributed by atoms with E-state index in [-0.39, 0.29) is 15.6 Å². The molecule has 0 aliphatic rings. The summed E-state index contributed by atoms with van der Waals surface area (Å²) in [4.78, 5) is 3.66. The highest BCUT2D eigenvalue weighted by molar-refractivity contribution is 7.93. The van der Waals surface area contributed by atoms with Gasteiger partial charge in [0.05, 0.1) is 16.4 Å². The zero-order chi connectivity index (χ0) is 14.0. The van der Waals surface area contributed by atoms with E-state index in [0.29, 0.717) is 5.69 Å². The molecule has 2 N–H and O–H groups in total. The normalized spacial score (nSPS) is 11.3. The van der Waals surface area contributed by atoms with Gasteiger partial charge < -0.3 is 5.73 Å². The lowest BCUT2D eigenvalue weighted by Crippen LogP contribution is -2.27. The van der Waals surface area contributed by atoms with Crippen LogP contribution in [0.4, 0.5) is 11.4 Å². The Balaban J connectivity index is 2.52. The van der Waals surface area contributed by atoms with E-state index >= 15 is 0 Å². The Morgan fingerprint density at radius 1 is 1.21 bits per heavy atom. The lowest BCUT2D eigenvalue weighted by molar-refractivity contribution is 0.594. The van der Waals surface area contributed by atoms with E-state index in [1.54, 1.807) is 30.3 Å². The number of pyridine rings is 1. The van der Waals surface area contributed by atoms with E-state index in [2.05, 4.69) is 4.98 Å². The number of nitrogens with two attached hydrogens (primary N) is 1. The lowest BCUT2D eigenvalue weighted by Gasteiger charge is -2.20. The van der Waals surface area contributed by atoms with Gasteiger partial charge in [0.1, 0.15) is 4.90 Å². The van der Waals surface area contributed by atoms with Gasteiger partial charge in [-0.2, -0.15) is 0 Å². The van der Waals surface area contributed by atoms with Crippen LogP contribution in [0.3, 0.4) is 0 Å². The fourth-order valence-electron chi connectivity index (χ4n) is 1.56. The van der Waals surface area contributed by atoms with Crippen molar-refractivity contribution in [2.75, 3.05) is 17.1 Å². The van der Waals surface area contributed by atoms with E-state index in [1.165, 1.54) is 19.4 Å². The van der Waals surface area contributed by atoms with Gasteiger partial charge in [-0.05, 0) is 12.1 Å². The third-order valence-electron chi connectivity index (χ3n) is 2.66. The van der Waals surface area contributed by atoms with E-state index < -0.39 is 10.0 Å². The molecule has 0 amide bonds. The van der Waals surface area contributed by atoms with Crippen LogP contribution in [-0.4, -0.2) is 20.4 Å². The number of hydrogen-bond donors (Lipinski definition) is 1. The van der Waals surface area contributed by atoms with Crippen LogP contribution >= 0.6 is 11.6 Å². The molecule has 0 spiro atoms. The number of aromatic nitrogens is 1. The molecule has 1 aromatic carbocycles. The fourth-order valence-corrected chi connectivity index (χ4v) is 3.05. The summed E-state index contributed by atoms with van der Waals surface area (Å²) in [5, 5.41) is 0.113. The molecule has 19 heavy (non-hydrogen) atoms. The number of nitrogen functional groups attached to an aromatic ring is 1. The third-order valence-corrected chi connectivity index (χ3v) is 4.77. The van der Waals surface area contributed by atoms with Gasteiger partial charge in [-0.25, -0.2) is 8.42 Å². The molecule has 7 heteroatoms. The average Bonchev–Trinajstić information content (AvgIpc) is 2.41. The summed E-state index contributed by atoms with van der Waals surface area (Å²) in [6.07, 6.45) is 2.49. The summed E-state index contributed by atoms with van der Waals surface area (Å²) in [5.74, 6) is 0. The number of sulfonamides is 1. The van der Waals surface area contributed by atoms with Crippen molar-refractivity contribution in [1.29, 1.82) is 0 Å². The molecular weight excluding hydrogens is 286 g/mol. The summed E-state index contributed by atoms with van der Waals surface area (Å²) in [5.41, 5.74) is 6.24. The van der Waals surface area contributed by atoms with Crippen LogP contribution in [0.25, 0.3) is 0 Å². The number of nitrogens with zero attached hydrogens (tertiary/aromatic N) is 2. The highest BCUT2D eigenvalue weighted by Crippen LogP contribution is 2.29. The first-order chi connectivity index (χ1) is 8.94. The molecule has 100 valence electrons. The zero-order valence-corrected chi connectivity index (χ0v) is 11.7. The predicted molar refractivity (Wildman–Crippen MR) is 75.7 cm³/mol. The van der Waals surface area contributed by atoms with Gasteiger partial charge in [-0.3, -0.25) is 9.29 Å². The maximum atomic E-state index is 12.5. The fraction of sp³-hybridized carbons (Fsp3) is 0.0833. The SMILES string of the molecule is CN(c1ccccc1)S(=O)(=O)c1cncc(Cl)c1N. The monoisotopic (exact) mass is 297 g/mol. The molecule has 0 aliphatic heterocycles. The van der Waals surface area contributed by atoms with Crippen molar-refractivity contribution in [3.8, 4) is 0 Å². The Morgan fingerprint density at radius 3 is 2.47 bits per heavy atom. The van der Waals surface area contributed by atoms with E-state index in [0.717, 1.165) is 4.31 Å². The van der Waals surface area contributed by atoms with E-state index in [9.17, 15) is 8.42 Å². The minimum atomic E-state index is -3.78. The molecule has 0 saturated carbocycles. The van der Waals surface area contributed by atoms with Crippen LogP contribution in [0, 0.1) is 0 Å². The zero-order valence-electron chi connectivity index (χ0n) is 10.1. The van der Waals surface area contributed by atoms with Crippen LogP contribution < -0.4 is 10.0 Å². The summed E-state index contributed by atoms with van der Waals surface area (Å²) in [7, 11) is -2.33.